The van der Waals surface area contributed by atoms with E-state index < -0.39 is 0 Å². The van der Waals surface area contributed by atoms with Crippen LogP contribution in [0.4, 0.5) is 0 Å². The maximum Gasteiger partial charge on any atom is 4.00 e. The van der Waals surface area contributed by atoms with Gasteiger partial charge in [-0.05, 0) is 10.8 Å². The Bertz CT molecular complexity index is 434. The van der Waals surface area contributed by atoms with E-state index in [1.165, 1.54) is 77.0 Å². The summed E-state index contributed by atoms with van der Waals surface area (Å²) in [5, 5.41) is 11.2. The van der Waals surface area contributed by atoms with Gasteiger partial charge in [0, 0.05) is 0 Å². The zero-order valence-corrected chi connectivity index (χ0v) is 23.9. The first kappa shape index (κ1) is 31.6. The molecule has 3 heteroatoms. The Morgan fingerprint density at radius 2 is 0.710 bits per heavy atom. The SMILES string of the molecule is CC(C)(C)C1CCCCC1[N-]C1CCCCC1[N-]C1CCCCC1C(C)(C)C.[CH3-].[CH3-].[Ti+4]. The fraction of sp³-hybridized carbons (Fsp3) is 0.929. The van der Waals surface area contributed by atoms with Crippen LogP contribution in [0.2, 0.25) is 0 Å². The van der Waals surface area contributed by atoms with Gasteiger partial charge in [0.1, 0.15) is 0 Å². The summed E-state index contributed by atoms with van der Waals surface area (Å²) in [6, 6.07) is 2.17. The van der Waals surface area contributed by atoms with Gasteiger partial charge in [0.25, 0.3) is 0 Å². The Kier molecular flexibility index (Phi) is 13.8. The van der Waals surface area contributed by atoms with E-state index in [2.05, 4.69) is 41.5 Å². The molecule has 3 fully saturated rings. The molecule has 0 aromatic carbocycles. The van der Waals surface area contributed by atoms with Gasteiger partial charge in [-0.3, -0.25) is 0 Å². The van der Waals surface area contributed by atoms with Crippen LogP contribution in [0, 0.1) is 37.5 Å². The molecular weight excluding hydrogens is 412 g/mol. The molecular formula is C28H54N2Ti. The molecule has 3 rings (SSSR count). The molecule has 0 radical (unpaired) electrons. The molecule has 2 nitrogen and oxygen atoms in total. The molecule has 0 N–H and O–H groups in total. The van der Waals surface area contributed by atoms with Crippen molar-refractivity contribution in [2.45, 2.75) is 143 Å². The minimum Gasteiger partial charge on any atom is -0.658 e. The third-order valence-electron chi connectivity index (χ3n) is 8.14. The summed E-state index contributed by atoms with van der Waals surface area (Å²) in [6.45, 7) is 14.6. The molecule has 0 aromatic rings. The van der Waals surface area contributed by atoms with E-state index in [9.17, 15) is 0 Å². The van der Waals surface area contributed by atoms with E-state index in [4.69, 9.17) is 10.6 Å². The van der Waals surface area contributed by atoms with Crippen molar-refractivity contribution in [1.29, 1.82) is 0 Å². The molecule has 0 bridgehead atoms. The molecule has 3 aliphatic rings. The summed E-state index contributed by atoms with van der Waals surface area (Å²) < 4.78 is 0. The van der Waals surface area contributed by atoms with E-state index in [1.807, 2.05) is 0 Å². The van der Waals surface area contributed by atoms with Crippen LogP contribution in [0.25, 0.3) is 10.6 Å². The minimum absolute atomic E-state index is 0. The summed E-state index contributed by atoms with van der Waals surface area (Å²) in [5.41, 5.74) is 0.771. The van der Waals surface area contributed by atoms with Gasteiger partial charge in [0.2, 0.25) is 0 Å². The largest absolute Gasteiger partial charge is 4.00 e. The van der Waals surface area contributed by atoms with Crippen molar-refractivity contribution < 1.29 is 21.7 Å². The summed E-state index contributed by atoms with van der Waals surface area (Å²) in [4.78, 5) is 0. The van der Waals surface area contributed by atoms with Crippen molar-refractivity contribution in [2.75, 3.05) is 0 Å². The van der Waals surface area contributed by atoms with E-state index in [0.717, 1.165) is 11.8 Å². The number of hydrogen-bond donors (Lipinski definition) is 0. The third kappa shape index (κ3) is 8.73. The van der Waals surface area contributed by atoms with Crippen molar-refractivity contribution in [1.82, 2.24) is 0 Å². The zero-order chi connectivity index (χ0) is 20.4. The van der Waals surface area contributed by atoms with Crippen LogP contribution in [0.1, 0.15) is 119 Å². The molecule has 180 valence electrons. The number of nitrogens with zero attached hydrogens (tertiary/aromatic N) is 2. The van der Waals surface area contributed by atoms with Gasteiger partial charge in [-0.15, -0.1) is 12.1 Å². The number of hydrogen-bond acceptors (Lipinski definition) is 0. The Balaban J connectivity index is 0.00000300. The Morgan fingerprint density at radius 1 is 0.452 bits per heavy atom. The monoisotopic (exact) mass is 466 g/mol. The molecule has 6 atom stereocenters. The topological polar surface area (TPSA) is 28.2 Å². The summed E-state index contributed by atoms with van der Waals surface area (Å²) in [6.07, 6.45) is 16.3. The summed E-state index contributed by atoms with van der Waals surface area (Å²) in [5.74, 6) is 1.53. The van der Waals surface area contributed by atoms with E-state index in [-0.39, 0.29) is 36.6 Å². The molecule has 0 aromatic heterocycles. The molecule has 3 aliphatic carbocycles. The van der Waals surface area contributed by atoms with Crippen LogP contribution in [0.5, 0.6) is 0 Å². The second-order valence-corrected chi connectivity index (χ2v) is 12.4. The second kappa shape index (κ2) is 13.5. The van der Waals surface area contributed by atoms with Crippen LogP contribution >= 0.6 is 0 Å². The standard InChI is InChI=1S/C26H48N2.2CH3.Ti/c1-25(2,3)19-13-7-9-15-21(19)27-23-17-11-12-18-24(23)28-22-16-10-8-14-20(22)26(4,5)6;;;/h19-24H,7-18H2,1-6H3;2*1H3;/q-2;2*-1;+4. The predicted octanol–water partition coefficient (Wildman–Crippen LogP) is 9.15. The zero-order valence-electron chi connectivity index (χ0n) is 22.3. The summed E-state index contributed by atoms with van der Waals surface area (Å²) >= 11 is 0. The first-order chi connectivity index (χ1) is 13.2. The van der Waals surface area contributed by atoms with Gasteiger partial charge in [-0.25, -0.2) is 0 Å². The summed E-state index contributed by atoms with van der Waals surface area (Å²) in [7, 11) is 0. The van der Waals surface area contributed by atoms with Crippen LogP contribution in [-0.2, 0) is 21.7 Å². The molecule has 0 heterocycles. The van der Waals surface area contributed by atoms with E-state index in [0.29, 0.717) is 35.0 Å². The fourth-order valence-electron chi connectivity index (χ4n) is 6.53. The van der Waals surface area contributed by atoms with E-state index >= 15 is 0 Å². The Labute approximate surface area is 212 Å². The second-order valence-electron chi connectivity index (χ2n) is 12.4. The molecule has 6 unspecified atom stereocenters. The van der Waals surface area contributed by atoms with Gasteiger partial charge >= 0.3 is 21.7 Å². The van der Waals surface area contributed by atoms with Crippen molar-refractivity contribution in [3.63, 3.8) is 0 Å². The van der Waals surface area contributed by atoms with Crippen LogP contribution < -0.4 is 0 Å². The molecule has 31 heavy (non-hydrogen) atoms. The Hall–Kier alpha value is 0.634. The van der Waals surface area contributed by atoms with Crippen LogP contribution in [0.15, 0.2) is 0 Å². The Morgan fingerprint density at radius 3 is 1.00 bits per heavy atom. The minimum atomic E-state index is 0. The van der Waals surface area contributed by atoms with Crippen molar-refractivity contribution in [3.8, 4) is 0 Å². The van der Waals surface area contributed by atoms with Gasteiger partial charge < -0.3 is 25.5 Å². The normalized spacial score (nSPS) is 34.6. The maximum absolute atomic E-state index is 5.58. The average Bonchev–Trinajstić information content (AvgIpc) is 2.62. The van der Waals surface area contributed by atoms with E-state index in [1.54, 1.807) is 0 Å². The molecule has 0 amide bonds. The molecule has 0 aliphatic heterocycles. The molecule has 3 saturated carbocycles. The quantitative estimate of drug-likeness (QED) is 0.292. The maximum atomic E-state index is 5.58. The fourth-order valence-corrected chi connectivity index (χ4v) is 6.53. The predicted molar refractivity (Wildman–Crippen MR) is 136 cm³/mol. The molecule has 0 spiro atoms. The van der Waals surface area contributed by atoms with Crippen molar-refractivity contribution in [3.05, 3.63) is 25.5 Å². The van der Waals surface area contributed by atoms with Crippen molar-refractivity contribution >= 4 is 0 Å². The smallest absolute Gasteiger partial charge is 0.658 e. The van der Waals surface area contributed by atoms with Gasteiger partial charge in [-0.2, -0.15) is 12.1 Å². The van der Waals surface area contributed by atoms with Gasteiger partial charge in [0.15, 0.2) is 0 Å². The van der Waals surface area contributed by atoms with Crippen LogP contribution in [0.3, 0.4) is 0 Å². The van der Waals surface area contributed by atoms with Crippen molar-refractivity contribution in [2.24, 2.45) is 22.7 Å². The average molecular weight is 467 g/mol. The van der Waals surface area contributed by atoms with Crippen LogP contribution in [-0.4, -0.2) is 24.2 Å². The molecule has 0 saturated heterocycles. The first-order valence-corrected chi connectivity index (χ1v) is 12.6. The van der Waals surface area contributed by atoms with Gasteiger partial charge in [-0.1, -0.05) is 130 Å². The third-order valence-corrected chi connectivity index (χ3v) is 8.14. The van der Waals surface area contributed by atoms with Gasteiger partial charge in [0.05, 0.1) is 0 Å². The number of rotatable bonds is 4. The first-order valence-electron chi connectivity index (χ1n) is 12.6.